The van der Waals surface area contributed by atoms with E-state index in [2.05, 4.69) is 86.8 Å². The molecule has 0 aliphatic rings. The highest BCUT2D eigenvalue weighted by Crippen LogP contribution is 2.12. The number of unbranched alkanes of at least 4 members (excludes halogenated alkanes) is 12. The predicted molar refractivity (Wildman–Crippen MR) is 196 cm³/mol. The molecule has 1 atom stereocenters. The van der Waals surface area contributed by atoms with E-state index in [0.717, 1.165) is 96.3 Å². The smallest absolute Gasteiger partial charge is 0.306 e. The maximum atomic E-state index is 12.1. The molecule has 0 radical (unpaired) electrons. The van der Waals surface area contributed by atoms with Crippen LogP contribution < -0.4 is 0 Å². The molecule has 0 aliphatic heterocycles. The number of hydrogen-bond donors (Lipinski definition) is 1. The van der Waals surface area contributed by atoms with Crippen LogP contribution in [0.2, 0.25) is 0 Å². The van der Waals surface area contributed by atoms with Crippen molar-refractivity contribution in [3.05, 3.63) is 72.9 Å². The highest BCUT2D eigenvalue weighted by Gasteiger charge is 2.16. The summed E-state index contributed by atoms with van der Waals surface area (Å²) in [7, 11) is 0. The predicted octanol–water partition coefficient (Wildman–Crippen LogP) is 11.4. The molecule has 0 bridgehead atoms. The molecule has 5 nitrogen and oxygen atoms in total. The largest absolute Gasteiger partial charge is 0.462 e. The third-order valence-corrected chi connectivity index (χ3v) is 7.50. The lowest BCUT2D eigenvalue weighted by molar-refractivity contribution is -0.161. The first-order chi connectivity index (χ1) is 22.6. The van der Waals surface area contributed by atoms with Crippen LogP contribution >= 0.6 is 0 Å². The van der Waals surface area contributed by atoms with Crippen LogP contribution in [0, 0.1) is 0 Å². The summed E-state index contributed by atoms with van der Waals surface area (Å²) in [6.45, 7) is 3.87. The number of rotatable bonds is 32. The fourth-order valence-electron chi connectivity index (χ4n) is 4.76. The number of esters is 2. The van der Waals surface area contributed by atoms with Crippen molar-refractivity contribution in [3.8, 4) is 0 Å². The maximum Gasteiger partial charge on any atom is 0.306 e. The van der Waals surface area contributed by atoms with E-state index in [1.54, 1.807) is 0 Å². The van der Waals surface area contributed by atoms with Crippen molar-refractivity contribution >= 4 is 11.9 Å². The highest BCUT2D eigenvalue weighted by atomic mass is 16.6. The minimum Gasteiger partial charge on any atom is -0.462 e. The van der Waals surface area contributed by atoms with Gasteiger partial charge in [0.05, 0.1) is 6.61 Å². The molecule has 0 amide bonds. The topological polar surface area (TPSA) is 72.8 Å². The van der Waals surface area contributed by atoms with E-state index in [1.165, 1.54) is 32.1 Å². The first kappa shape index (κ1) is 43.3. The van der Waals surface area contributed by atoms with Gasteiger partial charge in [0.15, 0.2) is 6.10 Å². The molecule has 0 fully saturated rings. The van der Waals surface area contributed by atoms with Gasteiger partial charge in [-0.15, -0.1) is 0 Å². The SMILES string of the molecule is CC/C=C\C/C=C\C/C=C\CCCCCCCCCC(=O)OC(CO)COC(=O)CCCCCCC/C=C\C/C=C\C/C=C\CC. The molecular weight excluding hydrogens is 572 g/mol. The first-order valence-corrected chi connectivity index (χ1v) is 18.5. The summed E-state index contributed by atoms with van der Waals surface area (Å²) in [6.07, 6.45) is 48.1. The maximum absolute atomic E-state index is 12.1. The van der Waals surface area contributed by atoms with Crippen LogP contribution in [0.4, 0.5) is 0 Å². The van der Waals surface area contributed by atoms with E-state index in [1.807, 2.05) is 0 Å². The van der Waals surface area contributed by atoms with E-state index in [0.29, 0.717) is 12.8 Å². The normalized spacial score (nSPS) is 13.0. The van der Waals surface area contributed by atoms with Crippen LogP contribution in [0.3, 0.4) is 0 Å². The zero-order valence-corrected chi connectivity index (χ0v) is 29.6. The van der Waals surface area contributed by atoms with Crippen LogP contribution in [0.15, 0.2) is 72.9 Å². The summed E-state index contributed by atoms with van der Waals surface area (Å²) in [6, 6.07) is 0. The number of aliphatic hydroxyl groups is 1. The fourth-order valence-corrected chi connectivity index (χ4v) is 4.76. The fraction of sp³-hybridized carbons (Fsp3) is 0.659. The minimum absolute atomic E-state index is 0.0828. The van der Waals surface area contributed by atoms with Crippen molar-refractivity contribution in [1.82, 2.24) is 0 Å². The Labute approximate surface area is 283 Å². The van der Waals surface area contributed by atoms with E-state index < -0.39 is 6.10 Å². The molecule has 0 saturated carbocycles. The molecule has 0 spiro atoms. The van der Waals surface area contributed by atoms with Crippen molar-refractivity contribution in [2.75, 3.05) is 13.2 Å². The Morgan fingerprint density at radius 1 is 0.500 bits per heavy atom. The number of hydrogen-bond acceptors (Lipinski definition) is 5. The molecule has 0 saturated heterocycles. The quantitative estimate of drug-likeness (QED) is 0.0450. The third-order valence-electron chi connectivity index (χ3n) is 7.50. The molecule has 0 aromatic carbocycles. The number of carbonyl (C=O) groups excluding carboxylic acids is 2. The van der Waals surface area contributed by atoms with Gasteiger partial charge in [-0.1, -0.05) is 138 Å². The van der Waals surface area contributed by atoms with Gasteiger partial charge in [0.2, 0.25) is 0 Å². The Morgan fingerprint density at radius 3 is 1.30 bits per heavy atom. The van der Waals surface area contributed by atoms with Gasteiger partial charge in [0, 0.05) is 12.8 Å². The van der Waals surface area contributed by atoms with Gasteiger partial charge in [-0.25, -0.2) is 0 Å². The highest BCUT2D eigenvalue weighted by molar-refractivity contribution is 5.70. The lowest BCUT2D eigenvalue weighted by Crippen LogP contribution is -2.28. The minimum atomic E-state index is -0.786. The monoisotopic (exact) mass is 641 g/mol. The molecule has 0 aromatic heterocycles. The molecule has 1 N–H and O–H groups in total. The number of carbonyl (C=O) groups is 2. The summed E-state index contributed by atoms with van der Waals surface area (Å²) in [5.74, 6) is -0.629. The van der Waals surface area contributed by atoms with E-state index in [9.17, 15) is 14.7 Å². The Kier molecular flexibility index (Phi) is 34.7. The van der Waals surface area contributed by atoms with Gasteiger partial charge in [-0.05, 0) is 77.0 Å². The molecule has 46 heavy (non-hydrogen) atoms. The molecular formula is C41H68O5. The Bertz CT molecular complexity index is 864. The molecule has 262 valence electrons. The number of aliphatic hydroxyl groups excluding tert-OH is 1. The van der Waals surface area contributed by atoms with Crippen molar-refractivity contribution in [2.24, 2.45) is 0 Å². The van der Waals surface area contributed by atoms with E-state index in [-0.39, 0.29) is 25.2 Å². The zero-order chi connectivity index (χ0) is 33.6. The van der Waals surface area contributed by atoms with Crippen molar-refractivity contribution in [1.29, 1.82) is 0 Å². The van der Waals surface area contributed by atoms with Gasteiger partial charge >= 0.3 is 11.9 Å². The van der Waals surface area contributed by atoms with Crippen LogP contribution in [0.1, 0.15) is 155 Å². The summed E-state index contributed by atoms with van der Waals surface area (Å²) >= 11 is 0. The number of ether oxygens (including phenoxy) is 2. The summed E-state index contributed by atoms with van der Waals surface area (Å²) in [4.78, 5) is 24.2. The van der Waals surface area contributed by atoms with Crippen LogP contribution in [0.5, 0.6) is 0 Å². The standard InChI is InChI=1S/C41H68O5/c1-3-5-7-9-11-13-15-17-19-20-22-24-26-28-30-32-34-36-41(44)46-39(37-42)38-45-40(43)35-33-31-29-27-25-23-21-18-16-14-12-10-8-6-4-2/h5-8,11-14,17-19,21,39,42H,3-4,9-10,15-16,20,22-38H2,1-2H3/b7-5-,8-6-,13-11-,14-12-,19-17-,21-18-. The Balaban J connectivity index is 3.63. The second kappa shape index (κ2) is 36.8. The third kappa shape index (κ3) is 34.2. The summed E-state index contributed by atoms with van der Waals surface area (Å²) in [5, 5.41) is 9.54. The molecule has 5 heteroatoms. The Hall–Kier alpha value is -2.66. The van der Waals surface area contributed by atoms with Crippen molar-refractivity contribution < 1.29 is 24.2 Å². The second-order valence-corrected chi connectivity index (χ2v) is 11.9. The second-order valence-electron chi connectivity index (χ2n) is 11.9. The van der Waals surface area contributed by atoms with E-state index in [4.69, 9.17) is 9.47 Å². The average Bonchev–Trinajstić information content (AvgIpc) is 3.06. The van der Waals surface area contributed by atoms with Gasteiger partial charge in [0.25, 0.3) is 0 Å². The zero-order valence-electron chi connectivity index (χ0n) is 29.6. The lowest BCUT2D eigenvalue weighted by Gasteiger charge is -2.15. The molecule has 0 heterocycles. The lowest BCUT2D eigenvalue weighted by atomic mass is 10.1. The van der Waals surface area contributed by atoms with Gasteiger partial charge < -0.3 is 14.6 Å². The van der Waals surface area contributed by atoms with Gasteiger partial charge in [0.1, 0.15) is 6.61 Å². The Morgan fingerprint density at radius 2 is 0.870 bits per heavy atom. The molecule has 0 aliphatic carbocycles. The van der Waals surface area contributed by atoms with Crippen molar-refractivity contribution in [3.63, 3.8) is 0 Å². The average molecular weight is 641 g/mol. The molecule has 1 unspecified atom stereocenters. The number of allylic oxidation sites excluding steroid dienone is 12. The van der Waals surface area contributed by atoms with Crippen LogP contribution in [-0.2, 0) is 19.1 Å². The van der Waals surface area contributed by atoms with Crippen LogP contribution in [0.25, 0.3) is 0 Å². The van der Waals surface area contributed by atoms with Crippen molar-refractivity contribution in [2.45, 2.75) is 161 Å². The molecule has 0 rings (SSSR count). The van der Waals surface area contributed by atoms with Gasteiger partial charge in [-0.3, -0.25) is 9.59 Å². The van der Waals surface area contributed by atoms with Crippen LogP contribution in [-0.4, -0.2) is 36.4 Å². The van der Waals surface area contributed by atoms with E-state index >= 15 is 0 Å². The van der Waals surface area contributed by atoms with Gasteiger partial charge in [-0.2, -0.15) is 0 Å². The summed E-state index contributed by atoms with van der Waals surface area (Å²) < 4.78 is 10.6. The molecule has 0 aromatic rings. The summed E-state index contributed by atoms with van der Waals surface area (Å²) in [5.41, 5.74) is 0. The first-order valence-electron chi connectivity index (χ1n) is 18.5.